The number of anilines is 1. The van der Waals surface area contributed by atoms with Gasteiger partial charge in [-0.3, -0.25) is 4.90 Å². The highest BCUT2D eigenvalue weighted by Gasteiger charge is 2.38. The van der Waals surface area contributed by atoms with E-state index >= 15 is 0 Å². The molecule has 2 atom stereocenters. The molecule has 2 fully saturated rings. The minimum Gasteiger partial charge on any atom is -0.481 e. The van der Waals surface area contributed by atoms with Crippen LogP contribution >= 0.6 is 11.3 Å². The van der Waals surface area contributed by atoms with Crippen LogP contribution in [-0.2, 0) is 13.0 Å². The summed E-state index contributed by atoms with van der Waals surface area (Å²) < 4.78 is 44.0. The molecular weight excluding hydrogens is 439 g/mol. The first-order valence-corrected chi connectivity index (χ1v) is 11.5. The van der Waals surface area contributed by atoms with Gasteiger partial charge < -0.3 is 9.64 Å². The van der Waals surface area contributed by atoms with Crippen LogP contribution in [0.5, 0.6) is 5.88 Å². The van der Waals surface area contributed by atoms with Crippen LogP contribution in [0, 0.1) is 11.8 Å². The van der Waals surface area contributed by atoms with Gasteiger partial charge in [-0.05, 0) is 36.9 Å². The topological polar surface area (TPSA) is 54.4 Å². The van der Waals surface area contributed by atoms with Crippen molar-refractivity contribution in [2.45, 2.75) is 25.6 Å². The molecular formula is C22H24F3N5OS. The number of methoxy groups -OCH3 is 1. The van der Waals surface area contributed by atoms with Gasteiger partial charge in [0.1, 0.15) is 17.0 Å². The number of rotatable bonds is 5. The molecule has 2 saturated heterocycles. The first kappa shape index (κ1) is 21.4. The Labute approximate surface area is 188 Å². The molecule has 6 nitrogen and oxygen atoms in total. The van der Waals surface area contributed by atoms with E-state index in [2.05, 4.69) is 24.8 Å². The zero-order chi connectivity index (χ0) is 22.3. The molecule has 5 rings (SSSR count). The number of likely N-dealkylation sites (tertiary alicyclic amines) is 1. The summed E-state index contributed by atoms with van der Waals surface area (Å²) in [5.74, 6) is 2.47. The zero-order valence-corrected chi connectivity index (χ0v) is 18.5. The fraction of sp³-hybridized carbons (Fsp3) is 0.500. The van der Waals surface area contributed by atoms with Gasteiger partial charge >= 0.3 is 6.18 Å². The quantitative estimate of drug-likeness (QED) is 0.567. The summed E-state index contributed by atoms with van der Waals surface area (Å²) in [5, 5.41) is 0.729. The molecule has 0 N–H and O–H groups in total. The number of thiophene rings is 1. The monoisotopic (exact) mass is 463 g/mol. The number of ether oxygens (including phenoxy) is 1. The molecule has 0 bridgehead atoms. The smallest absolute Gasteiger partial charge is 0.393 e. The Morgan fingerprint density at radius 1 is 1.16 bits per heavy atom. The van der Waals surface area contributed by atoms with Gasteiger partial charge in [-0.1, -0.05) is 6.07 Å². The molecule has 170 valence electrons. The third kappa shape index (κ3) is 4.38. The van der Waals surface area contributed by atoms with Crippen molar-refractivity contribution in [3.8, 4) is 5.88 Å². The highest BCUT2D eigenvalue weighted by Crippen LogP contribution is 2.38. The van der Waals surface area contributed by atoms with Crippen molar-refractivity contribution in [3.05, 3.63) is 41.2 Å². The van der Waals surface area contributed by atoms with E-state index in [9.17, 15) is 13.2 Å². The predicted molar refractivity (Wildman–Crippen MR) is 117 cm³/mol. The van der Waals surface area contributed by atoms with Crippen molar-refractivity contribution in [1.82, 2.24) is 19.9 Å². The molecule has 5 heterocycles. The van der Waals surface area contributed by atoms with Crippen molar-refractivity contribution < 1.29 is 17.9 Å². The summed E-state index contributed by atoms with van der Waals surface area (Å²) in [5.41, 5.74) is 1.08. The Kier molecular flexibility index (Phi) is 5.66. The largest absolute Gasteiger partial charge is 0.481 e. The summed E-state index contributed by atoms with van der Waals surface area (Å²) in [7, 11) is 1.64. The van der Waals surface area contributed by atoms with Crippen LogP contribution < -0.4 is 9.64 Å². The number of hydrogen-bond donors (Lipinski definition) is 0. The minimum atomic E-state index is -4.22. The van der Waals surface area contributed by atoms with Gasteiger partial charge in [-0.15, -0.1) is 11.3 Å². The van der Waals surface area contributed by atoms with Crippen LogP contribution in [0.15, 0.2) is 30.7 Å². The Morgan fingerprint density at radius 3 is 2.81 bits per heavy atom. The highest BCUT2D eigenvalue weighted by molar-refractivity contribution is 7.18. The van der Waals surface area contributed by atoms with Crippen LogP contribution in [0.4, 0.5) is 19.0 Å². The number of nitrogens with zero attached hydrogens (tertiary/aromatic N) is 5. The lowest BCUT2D eigenvalue weighted by Crippen LogP contribution is -2.39. The van der Waals surface area contributed by atoms with Gasteiger partial charge in [-0.25, -0.2) is 15.0 Å². The van der Waals surface area contributed by atoms with E-state index in [-0.39, 0.29) is 4.88 Å². The maximum atomic E-state index is 12.9. The first-order valence-electron chi connectivity index (χ1n) is 10.6. The summed E-state index contributed by atoms with van der Waals surface area (Å²) in [4.78, 5) is 18.5. The molecule has 2 aliphatic rings. The molecule has 0 saturated carbocycles. The van der Waals surface area contributed by atoms with E-state index < -0.39 is 12.6 Å². The van der Waals surface area contributed by atoms with E-state index in [4.69, 9.17) is 4.74 Å². The summed E-state index contributed by atoms with van der Waals surface area (Å²) in [6, 6.07) is 5.59. The van der Waals surface area contributed by atoms with Crippen molar-refractivity contribution in [1.29, 1.82) is 0 Å². The Hall–Kier alpha value is -2.46. The molecule has 0 amide bonds. The van der Waals surface area contributed by atoms with Gasteiger partial charge in [0.05, 0.1) is 18.9 Å². The normalized spacial score (nSPS) is 21.8. The van der Waals surface area contributed by atoms with Crippen LogP contribution in [0.2, 0.25) is 0 Å². The second-order valence-electron chi connectivity index (χ2n) is 8.54. The van der Waals surface area contributed by atoms with Gasteiger partial charge in [0.25, 0.3) is 0 Å². The van der Waals surface area contributed by atoms with Crippen LogP contribution in [0.3, 0.4) is 0 Å². The molecule has 0 spiro atoms. The molecule has 0 unspecified atom stereocenters. The minimum absolute atomic E-state index is 0.280. The lowest BCUT2D eigenvalue weighted by molar-refractivity contribution is -0.126. The Balaban J connectivity index is 1.31. The Morgan fingerprint density at radius 2 is 2.00 bits per heavy atom. The lowest BCUT2D eigenvalue weighted by atomic mass is 9.88. The average molecular weight is 464 g/mol. The standard InChI is InChI=1S/C22H24F3N5OS/c1-31-20-15(3-2-5-26-20)9-29-6-4-14-11-30(12-16(14)10-29)19-18-7-17(8-22(23,24)25)32-21(18)28-13-27-19/h2-3,5,7,13-14,16H,4,6,8-12H2,1H3/t14-,16+/m1/s1. The number of pyridine rings is 1. The van der Waals surface area contributed by atoms with Crippen molar-refractivity contribution in [3.63, 3.8) is 0 Å². The summed E-state index contributed by atoms with van der Waals surface area (Å²) >= 11 is 1.10. The van der Waals surface area contributed by atoms with Crippen LogP contribution in [0.25, 0.3) is 10.2 Å². The third-order valence-corrected chi connectivity index (χ3v) is 7.40. The van der Waals surface area contributed by atoms with Gasteiger partial charge in [0.2, 0.25) is 5.88 Å². The number of hydrogen-bond acceptors (Lipinski definition) is 7. The highest BCUT2D eigenvalue weighted by atomic mass is 32.1. The van der Waals surface area contributed by atoms with E-state index in [1.54, 1.807) is 19.4 Å². The van der Waals surface area contributed by atoms with Gasteiger partial charge in [0.15, 0.2) is 0 Å². The van der Waals surface area contributed by atoms with Gasteiger partial charge in [0, 0.05) is 42.8 Å². The van der Waals surface area contributed by atoms with E-state index in [0.29, 0.717) is 22.5 Å². The molecule has 0 aliphatic carbocycles. The third-order valence-electron chi connectivity index (χ3n) is 6.36. The second kappa shape index (κ2) is 8.47. The van der Waals surface area contributed by atoms with E-state index in [1.807, 2.05) is 12.1 Å². The number of piperidine rings is 1. The summed E-state index contributed by atoms with van der Waals surface area (Å²) in [6.45, 7) is 4.49. The molecule has 0 radical (unpaired) electrons. The SMILES string of the molecule is COc1ncccc1CN1CC[C@@H]2CN(c3ncnc4sc(CC(F)(F)F)cc34)C[C@@H]2C1. The zero-order valence-electron chi connectivity index (χ0n) is 17.7. The maximum absolute atomic E-state index is 12.9. The molecule has 3 aromatic rings. The molecule has 32 heavy (non-hydrogen) atoms. The van der Waals surface area contributed by atoms with E-state index in [1.165, 1.54) is 6.33 Å². The average Bonchev–Trinajstić information content (AvgIpc) is 3.35. The first-order chi connectivity index (χ1) is 15.4. The fourth-order valence-electron chi connectivity index (χ4n) is 4.96. The molecule has 3 aromatic heterocycles. The number of fused-ring (bicyclic) bond motifs is 2. The van der Waals surface area contributed by atoms with Crippen LogP contribution in [-0.4, -0.2) is 59.3 Å². The second-order valence-corrected chi connectivity index (χ2v) is 9.66. The lowest BCUT2D eigenvalue weighted by Gasteiger charge is -2.34. The Bertz CT molecular complexity index is 1100. The van der Waals surface area contributed by atoms with Crippen molar-refractivity contribution in [2.75, 3.05) is 38.2 Å². The molecule has 2 aliphatic heterocycles. The van der Waals surface area contributed by atoms with Crippen molar-refractivity contribution >= 4 is 27.4 Å². The number of aromatic nitrogens is 3. The van der Waals surface area contributed by atoms with Crippen LogP contribution in [0.1, 0.15) is 16.9 Å². The summed E-state index contributed by atoms with van der Waals surface area (Å²) in [6.07, 6.45) is -0.866. The maximum Gasteiger partial charge on any atom is 0.393 e. The fourth-order valence-corrected chi connectivity index (χ4v) is 5.98. The van der Waals surface area contributed by atoms with Gasteiger partial charge in [-0.2, -0.15) is 13.2 Å². The molecule has 0 aromatic carbocycles. The predicted octanol–water partition coefficient (Wildman–Crippen LogP) is 4.16. The molecule has 10 heteroatoms. The van der Waals surface area contributed by atoms with Crippen molar-refractivity contribution in [2.24, 2.45) is 11.8 Å². The van der Waals surface area contributed by atoms with E-state index in [0.717, 1.165) is 67.2 Å². The number of halogens is 3. The number of alkyl halides is 3.